The number of carbonyl (C=O) groups excluding carboxylic acids is 1. The molecule has 258 valence electrons. The Morgan fingerprint density at radius 3 is 2.28 bits per heavy atom. The van der Waals surface area contributed by atoms with E-state index in [0.29, 0.717) is 29.1 Å². The van der Waals surface area contributed by atoms with Crippen LogP contribution < -0.4 is 10.6 Å². The lowest BCUT2D eigenvalue weighted by Gasteiger charge is -2.47. The van der Waals surface area contributed by atoms with E-state index >= 15 is 0 Å². The van der Waals surface area contributed by atoms with Crippen molar-refractivity contribution >= 4 is 66.1 Å². The maximum atomic E-state index is 14.2. The molecule has 10 nitrogen and oxygen atoms in total. The van der Waals surface area contributed by atoms with Crippen molar-refractivity contribution in [3.8, 4) is 5.69 Å². The van der Waals surface area contributed by atoms with Crippen LogP contribution in [0.2, 0.25) is 33.3 Å². The van der Waals surface area contributed by atoms with Crippen LogP contribution in [0.15, 0.2) is 17.1 Å². The van der Waals surface area contributed by atoms with Crippen LogP contribution in [0.3, 0.4) is 0 Å². The van der Waals surface area contributed by atoms with Crippen molar-refractivity contribution in [1.82, 2.24) is 24.4 Å². The average Bonchev–Trinajstić information content (AvgIpc) is 2.93. The van der Waals surface area contributed by atoms with Crippen LogP contribution >= 0.6 is 34.8 Å². The molecule has 1 amide bonds. The number of carbonyl (C=O) groups is 1. The first-order valence-electron chi connectivity index (χ1n) is 15.9. The number of piperazine rings is 1. The molecule has 0 spiro atoms. The number of anilines is 1. The van der Waals surface area contributed by atoms with E-state index in [9.17, 15) is 9.59 Å². The monoisotopic (exact) mass is 724 g/mol. The number of hydrogen-bond donors (Lipinski definition) is 0. The first-order valence-corrected chi connectivity index (χ1v) is 19.9. The van der Waals surface area contributed by atoms with E-state index in [1.54, 1.807) is 11.1 Å². The molecule has 14 heteroatoms. The van der Waals surface area contributed by atoms with Crippen molar-refractivity contribution in [2.24, 2.45) is 0 Å². The fraction of sp³-hybridized carbons (Fsp3) is 0.606. The fourth-order valence-corrected chi connectivity index (χ4v) is 7.03. The zero-order chi connectivity index (χ0) is 35.4. The van der Waals surface area contributed by atoms with Gasteiger partial charge in [0.25, 0.3) is 0 Å². The average molecular weight is 726 g/mol. The second-order valence-electron chi connectivity index (χ2n) is 15.2. The number of halogens is 3. The molecule has 1 saturated heterocycles. The Labute approximate surface area is 293 Å². The highest BCUT2D eigenvalue weighted by Gasteiger charge is 2.42. The van der Waals surface area contributed by atoms with E-state index < -0.39 is 31.7 Å². The highest BCUT2D eigenvalue weighted by Crippen LogP contribution is 2.41. The number of nitrogens with zero attached hydrogens (tertiary/aromatic N) is 6. The summed E-state index contributed by atoms with van der Waals surface area (Å²) in [5.74, 6) is 0.285. The molecule has 0 radical (unpaired) electrons. The number of pyridine rings is 2. The molecule has 4 heterocycles. The maximum Gasteiger partial charge on any atom is 0.410 e. The van der Waals surface area contributed by atoms with E-state index in [1.807, 2.05) is 59.4 Å². The van der Waals surface area contributed by atoms with Crippen molar-refractivity contribution in [3.05, 3.63) is 49.2 Å². The summed E-state index contributed by atoms with van der Waals surface area (Å²) in [7, 11) is -2.22. The van der Waals surface area contributed by atoms with Crippen LogP contribution in [-0.4, -0.2) is 76.2 Å². The lowest BCUT2D eigenvalue weighted by Crippen LogP contribution is -2.62. The zero-order valence-corrected chi connectivity index (χ0v) is 32.7. The van der Waals surface area contributed by atoms with Gasteiger partial charge >= 0.3 is 11.8 Å². The van der Waals surface area contributed by atoms with Crippen LogP contribution in [-0.2, 0) is 9.16 Å². The molecular weight excluding hydrogens is 679 g/mol. The number of aromatic nitrogens is 4. The summed E-state index contributed by atoms with van der Waals surface area (Å²) in [4.78, 5) is 45.2. The molecule has 0 bridgehead atoms. The van der Waals surface area contributed by atoms with Crippen LogP contribution in [0.5, 0.6) is 0 Å². The van der Waals surface area contributed by atoms with Crippen LogP contribution in [0.1, 0.15) is 79.5 Å². The van der Waals surface area contributed by atoms with Gasteiger partial charge in [0, 0.05) is 25.3 Å². The number of aryl methyl sites for hydroxylation is 1. The lowest BCUT2D eigenvalue weighted by atomic mass is 10.0. The van der Waals surface area contributed by atoms with Gasteiger partial charge in [0.2, 0.25) is 0 Å². The number of fused-ring (bicyclic) bond motifs is 1. The minimum Gasteiger partial charge on any atom is -0.444 e. The lowest BCUT2D eigenvalue weighted by molar-refractivity contribution is 0.0105. The van der Waals surface area contributed by atoms with Crippen molar-refractivity contribution in [1.29, 1.82) is 0 Å². The molecule has 0 aromatic carbocycles. The Hall–Kier alpha value is -2.44. The molecule has 2 atom stereocenters. The summed E-state index contributed by atoms with van der Waals surface area (Å²) >= 11 is 20.1. The Balaban J connectivity index is 1.97. The van der Waals surface area contributed by atoms with Crippen molar-refractivity contribution in [2.75, 3.05) is 24.6 Å². The van der Waals surface area contributed by atoms with E-state index in [4.69, 9.17) is 44.0 Å². The Morgan fingerprint density at radius 1 is 1.06 bits per heavy atom. The van der Waals surface area contributed by atoms with Gasteiger partial charge in [-0.15, -0.1) is 0 Å². The third-order valence-corrected chi connectivity index (χ3v) is 14.7. The van der Waals surface area contributed by atoms with Gasteiger partial charge in [-0.1, -0.05) is 69.4 Å². The van der Waals surface area contributed by atoms with E-state index in [-0.39, 0.29) is 51.0 Å². The largest absolute Gasteiger partial charge is 0.444 e. The number of ether oxygens (including phenoxy) is 1. The molecule has 1 aliphatic heterocycles. The molecule has 1 fully saturated rings. The topological polar surface area (TPSA) is 103 Å². The third kappa shape index (κ3) is 7.59. The number of amides is 1. The molecule has 1 aliphatic rings. The highest BCUT2D eigenvalue weighted by atomic mass is 35.5. The SMILES string of the molecule is Cc1ccnc(C(C)C)c1-n1c(=O)nc(N2C[C@@H](C)N(C(=O)OC(C)(C)C)C[C@H]2CO[Si](C)(C)C(C)(C)C)c2c(Cl)c(Cl)c(Cl)nc21. The summed E-state index contributed by atoms with van der Waals surface area (Å²) in [5, 5.41) is 0.452. The molecule has 0 aliphatic carbocycles. The summed E-state index contributed by atoms with van der Waals surface area (Å²) in [6, 6.07) is 1.12. The second-order valence-corrected chi connectivity index (χ2v) is 21.1. The van der Waals surface area contributed by atoms with Gasteiger partial charge in [-0.2, -0.15) is 4.98 Å². The molecule has 4 rings (SSSR count). The smallest absolute Gasteiger partial charge is 0.410 e. The highest BCUT2D eigenvalue weighted by molar-refractivity contribution is 6.74. The van der Waals surface area contributed by atoms with Crippen molar-refractivity contribution < 1.29 is 14.0 Å². The van der Waals surface area contributed by atoms with Gasteiger partial charge in [-0.3, -0.25) is 4.98 Å². The maximum absolute atomic E-state index is 14.2. The second kappa shape index (κ2) is 13.5. The quantitative estimate of drug-likeness (QED) is 0.184. The molecule has 0 N–H and O–H groups in total. The van der Waals surface area contributed by atoms with Gasteiger partial charge in [0.1, 0.15) is 11.4 Å². The summed E-state index contributed by atoms with van der Waals surface area (Å²) in [6.07, 6.45) is 1.30. The minimum atomic E-state index is -2.22. The normalized spacial score (nSPS) is 18.0. The molecule has 0 unspecified atom stereocenters. The molecular formula is C33H47Cl3N6O4Si. The van der Waals surface area contributed by atoms with E-state index in [0.717, 1.165) is 5.56 Å². The summed E-state index contributed by atoms with van der Waals surface area (Å²) in [6.45, 7) is 25.1. The predicted octanol–water partition coefficient (Wildman–Crippen LogP) is 8.40. The van der Waals surface area contributed by atoms with Gasteiger partial charge in [0.05, 0.1) is 39.5 Å². The van der Waals surface area contributed by atoms with E-state index in [1.165, 1.54) is 4.57 Å². The Bertz CT molecular complexity index is 1730. The van der Waals surface area contributed by atoms with Gasteiger partial charge in [-0.05, 0) is 70.3 Å². The van der Waals surface area contributed by atoms with Gasteiger partial charge in [0.15, 0.2) is 19.1 Å². The van der Waals surface area contributed by atoms with Gasteiger partial charge < -0.3 is 19.0 Å². The van der Waals surface area contributed by atoms with Crippen LogP contribution in [0, 0.1) is 6.92 Å². The predicted molar refractivity (Wildman–Crippen MR) is 193 cm³/mol. The Kier molecular flexibility index (Phi) is 10.7. The van der Waals surface area contributed by atoms with Crippen molar-refractivity contribution in [3.63, 3.8) is 0 Å². The first-order chi connectivity index (χ1) is 21.6. The van der Waals surface area contributed by atoms with Crippen molar-refractivity contribution in [2.45, 2.75) is 111 Å². The van der Waals surface area contributed by atoms with Crippen LogP contribution in [0.4, 0.5) is 10.6 Å². The zero-order valence-electron chi connectivity index (χ0n) is 29.5. The molecule has 3 aromatic heterocycles. The number of hydrogen-bond acceptors (Lipinski definition) is 8. The molecule has 47 heavy (non-hydrogen) atoms. The number of rotatable bonds is 6. The standard InChI is InChI=1S/C33H47Cl3N6O4Si/c1-18(2)25-26(19(3)13-14-37-25)42-29-22(23(34)24(35)27(36)38-29)28(39-30(42)43)41-15-20(4)40(31(44)46-32(5,6)7)16-21(41)17-45-47(11,12)33(8,9)10/h13-14,18,20-21H,15-17H2,1-12H3/t20-,21+/m1/s1. The van der Waals surface area contributed by atoms with E-state index in [2.05, 4.69) is 48.8 Å². The molecule has 3 aromatic rings. The fourth-order valence-electron chi connectivity index (χ4n) is 5.37. The summed E-state index contributed by atoms with van der Waals surface area (Å²) in [5.41, 5.74) is 1.05. The minimum absolute atomic E-state index is 0.0107. The van der Waals surface area contributed by atoms with Crippen LogP contribution in [0.25, 0.3) is 16.7 Å². The first kappa shape index (κ1) is 37.4. The summed E-state index contributed by atoms with van der Waals surface area (Å²) < 4.78 is 13.9. The third-order valence-electron chi connectivity index (χ3n) is 8.96. The Morgan fingerprint density at radius 2 is 1.70 bits per heavy atom. The van der Waals surface area contributed by atoms with Gasteiger partial charge in [-0.25, -0.2) is 19.1 Å². The molecule has 0 saturated carbocycles.